The fraction of sp³-hybridized carbons (Fsp3) is 0.647. The lowest BCUT2D eigenvalue weighted by molar-refractivity contribution is -0.0699. The molecule has 126 valence electrons. The van der Waals surface area contributed by atoms with Gasteiger partial charge in [-0.2, -0.15) is 4.98 Å². The van der Waals surface area contributed by atoms with Crippen molar-refractivity contribution >= 4 is 16.9 Å². The molecule has 3 N–H and O–H groups in total. The van der Waals surface area contributed by atoms with Gasteiger partial charge in [-0.1, -0.05) is 0 Å². The standard InChI is InChI=1S/C17H26N4O2/c1-9-10(2)22-15-13(9)14(18)20-12(21-15)8-19-11-7-16(3,4)23-17(11,5)6/h11,19H,7-8H2,1-6H3,(H2,18,20,21). The van der Waals surface area contributed by atoms with Gasteiger partial charge in [0.25, 0.3) is 0 Å². The Labute approximate surface area is 136 Å². The van der Waals surface area contributed by atoms with E-state index in [1.807, 2.05) is 13.8 Å². The minimum absolute atomic E-state index is 0.125. The summed E-state index contributed by atoms with van der Waals surface area (Å²) >= 11 is 0. The van der Waals surface area contributed by atoms with E-state index in [1.54, 1.807) is 0 Å². The Hall–Kier alpha value is -1.66. The molecule has 0 bridgehead atoms. The number of nitrogens with two attached hydrogens (primary N) is 1. The van der Waals surface area contributed by atoms with E-state index < -0.39 is 0 Å². The fourth-order valence-corrected chi connectivity index (χ4v) is 3.50. The van der Waals surface area contributed by atoms with E-state index in [2.05, 4.69) is 43.0 Å². The number of hydrogen-bond donors (Lipinski definition) is 2. The molecule has 1 saturated heterocycles. The molecule has 0 aliphatic carbocycles. The van der Waals surface area contributed by atoms with Crippen molar-refractivity contribution in [2.75, 3.05) is 5.73 Å². The third-order valence-electron chi connectivity index (χ3n) is 4.68. The summed E-state index contributed by atoms with van der Waals surface area (Å²) in [5, 5.41) is 4.33. The van der Waals surface area contributed by atoms with Gasteiger partial charge in [-0.25, -0.2) is 4.98 Å². The van der Waals surface area contributed by atoms with Gasteiger partial charge in [-0.15, -0.1) is 0 Å². The minimum atomic E-state index is -0.225. The van der Waals surface area contributed by atoms with Crippen molar-refractivity contribution in [2.45, 2.75) is 71.8 Å². The molecule has 0 radical (unpaired) electrons. The first-order valence-electron chi connectivity index (χ1n) is 8.05. The van der Waals surface area contributed by atoms with E-state index in [0.29, 0.717) is 23.9 Å². The number of anilines is 1. The monoisotopic (exact) mass is 318 g/mol. The van der Waals surface area contributed by atoms with Crippen LogP contribution in [-0.4, -0.2) is 27.2 Å². The van der Waals surface area contributed by atoms with E-state index >= 15 is 0 Å². The van der Waals surface area contributed by atoms with Gasteiger partial charge in [0.2, 0.25) is 5.71 Å². The van der Waals surface area contributed by atoms with Gasteiger partial charge < -0.3 is 20.2 Å². The summed E-state index contributed by atoms with van der Waals surface area (Å²) < 4.78 is 11.8. The number of nitrogens with zero attached hydrogens (tertiary/aromatic N) is 2. The van der Waals surface area contributed by atoms with Crippen LogP contribution in [0.3, 0.4) is 0 Å². The molecule has 2 aromatic rings. The molecule has 1 fully saturated rings. The van der Waals surface area contributed by atoms with Crippen molar-refractivity contribution in [1.82, 2.24) is 15.3 Å². The summed E-state index contributed by atoms with van der Waals surface area (Å²) in [4.78, 5) is 8.93. The largest absolute Gasteiger partial charge is 0.443 e. The van der Waals surface area contributed by atoms with Crippen LogP contribution in [0.2, 0.25) is 0 Å². The highest BCUT2D eigenvalue weighted by Crippen LogP contribution is 2.37. The van der Waals surface area contributed by atoms with E-state index in [1.165, 1.54) is 0 Å². The summed E-state index contributed by atoms with van der Waals surface area (Å²) in [5.41, 5.74) is 7.30. The van der Waals surface area contributed by atoms with Gasteiger partial charge >= 0.3 is 0 Å². The average Bonchev–Trinajstić information content (AvgIpc) is 2.80. The van der Waals surface area contributed by atoms with Crippen LogP contribution >= 0.6 is 0 Å². The van der Waals surface area contributed by atoms with Crippen LogP contribution in [0.4, 0.5) is 5.82 Å². The van der Waals surface area contributed by atoms with E-state index in [9.17, 15) is 0 Å². The van der Waals surface area contributed by atoms with E-state index in [-0.39, 0.29) is 17.2 Å². The predicted molar refractivity (Wildman–Crippen MR) is 90.2 cm³/mol. The van der Waals surface area contributed by atoms with Crippen molar-refractivity contribution in [3.63, 3.8) is 0 Å². The summed E-state index contributed by atoms with van der Waals surface area (Å²) in [5.74, 6) is 1.95. The van der Waals surface area contributed by atoms with Crippen molar-refractivity contribution in [3.8, 4) is 0 Å². The number of hydrogen-bond acceptors (Lipinski definition) is 6. The van der Waals surface area contributed by atoms with Crippen LogP contribution in [0, 0.1) is 13.8 Å². The molecule has 3 rings (SSSR count). The van der Waals surface area contributed by atoms with Crippen LogP contribution in [0.15, 0.2) is 4.42 Å². The third kappa shape index (κ3) is 2.93. The number of nitrogen functional groups attached to an aromatic ring is 1. The first-order chi connectivity index (χ1) is 10.6. The Bertz CT molecular complexity index is 749. The zero-order valence-corrected chi connectivity index (χ0v) is 14.8. The molecule has 1 atom stereocenters. The number of fused-ring (bicyclic) bond motifs is 1. The quantitative estimate of drug-likeness (QED) is 0.905. The molecule has 0 saturated carbocycles. The molecule has 1 aliphatic heterocycles. The Morgan fingerprint density at radius 1 is 1.22 bits per heavy atom. The van der Waals surface area contributed by atoms with Crippen LogP contribution in [0.1, 0.15) is 51.3 Å². The van der Waals surface area contributed by atoms with Gasteiger partial charge in [0.1, 0.15) is 17.4 Å². The minimum Gasteiger partial charge on any atom is -0.443 e. The Morgan fingerprint density at radius 2 is 1.91 bits per heavy atom. The topological polar surface area (TPSA) is 86.2 Å². The maximum absolute atomic E-state index is 6.10. The highest BCUT2D eigenvalue weighted by molar-refractivity contribution is 5.88. The van der Waals surface area contributed by atoms with Crippen molar-refractivity contribution in [2.24, 2.45) is 0 Å². The number of rotatable bonds is 3. The molecule has 23 heavy (non-hydrogen) atoms. The first-order valence-corrected chi connectivity index (χ1v) is 8.05. The first kappa shape index (κ1) is 16.2. The summed E-state index contributed by atoms with van der Waals surface area (Å²) in [7, 11) is 0. The van der Waals surface area contributed by atoms with Gasteiger partial charge in [0.05, 0.1) is 23.1 Å². The SMILES string of the molecule is Cc1oc2nc(CNC3CC(C)(C)OC3(C)C)nc(N)c2c1C. The Morgan fingerprint density at radius 3 is 2.52 bits per heavy atom. The molecule has 1 unspecified atom stereocenters. The number of ether oxygens (including phenoxy) is 1. The molecular formula is C17H26N4O2. The highest BCUT2D eigenvalue weighted by Gasteiger charge is 2.45. The summed E-state index contributed by atoms with van der Waals surface area (Å²) in [6.07, 6.45) is 0.941. The number of furan rings is 1. The maximum Gasteiger partial charge on any atom is 0.231 e. The van der Waals surface area contributed by atoms with Crippen molar-refractivity contribution < 1.29 is 9.15 Å². The Kier molecular flexibility index (Phi) is 3.65. The molecule has 3 heterocycles. The molecule has 2 aromatic heterocycles. The second kappa shape index (κ2) is 5.18. The molecule has 6 heteroatoms. The van der Waals surface area contributed by atoms with Crippen LogP contribution in [-0.2, 0) is 11.3 Å². The van der Waals surface area contributed by atoms with Crippen LogP contribution in [0.5, 0.6) is 0 Å². The molecule has 0 aromatic carbocycles. The number of aromatic nitrogens is 2. The van der Waals surface area contributed by atoms with Gasteiger partial charge in [0, 0.05) is 11.6 Å². The predicted octanol–water partition coefficient (Wildman–Crippen LogP) is 2.86. The fourth-order valence-electron chi connectivity index (χ4n) is 3.50. The molecule has 6 nitrogen and oxygen atoms in total. The zero-order chi connectivity index (χ0) is 17.0. The smallest absolute Gasteiger partial charge is 0.231 e. The molecule has 0 amide bonds. The number of aryl methyl sites for hydroxylation is 2. The zero-order valence-electron chi connectivity index (χ0n) is 14.8. The molecule has 1 aliphatic rings. The second-order valence-electron chi connectivity index (χ2n) is 7.59. The van der Waals surface area contributed by atoms with E-state index in [0.717, 1.165) is 23.1 Å². The van der Waals surface area contributed by atoms with Crippen LogP contribution < -0.4 is 11.1 Å². The summed E-state index contributed by atoms with van der Waals surface area (Å²) in [6.45, 7) is 12.9. The van der Waals surface area contributed by atoms with Crippen LogP contribution in [0.25, 0.3) is 11.1 Å². The van der Waals surface area contributed by atoms with Gasteiger partial charge in [-0.05, 0) is 48.0 Å². The molecule has 0 spiro atoms. The lowest BCUT2D eigenvalue weighted by Crippen LogP contribution is -2.43. The van der Waals surface area contributed by atoms with Gasteiger partial charge in [0.15, 0.2) is 0 Å². The lowest BCUT2D eigenvalue weighted by Gasteiger charge is -2.27. The van der Waals surface area contributed by atoms with Gasteiger partial charge in [-0.3, -0.25) is 0 Å². The van der Waals surface area contributed by atoms with Crippen molar-refractivity contribution in [3.05, 3.63) is 17.1 Å². The third-order valence-corrected chi connectivity index (χ3v) is 4.68. The highest BCUT2D eigenvalue weighted by atomic mass is 16.5. The average molecular weight is 318 g/mol. The lowest BCUT2D eigenvalue weighted by atomic mass is 9.94. The summed E-state index contributed by atoms with van der Waals surface area (Å²) in [6, 6.07) is 0.234. The molecular weight excluding hydrogens is 292 g/mol. The van der Waals surface area contributed by atoms with Crippen molar-refractivity contribution in [1.29, 1.82) is 0 Å². The van der Waals surface area contributed by atoms with E-state index in [4.69, 9.17) is 14.9 Å². The number of nitrogens with one attached hydrogen (secondary N) is 1. The Balaban J connectivity index is 1.80. The maximum atomic E-state index is 6.10. The normalized spacial score (nSPS) is 22.8. The second-order valence-corrected chi connectivity index (χ2v) is 7.59.